The first-order chi connectivity index (χ1) is 13.3. The van der Waals surface area contributed by atoms with Crippen LogP contribution >= 0.6 is 0 Å². The van der Waals surface area contributed by atoms with Gasteiger partial charge in [-0.05, 0) is 61.1 Å². The second-order valence-electron chi connectivity index (χ2n) is 7.19. The molecule has 2 heterocycles. The Kier molecular flexibility index (Phi) is 5.50. The smallest absolute Gasteiger partial charge is 0.336 e. The van der Waals surface area contributed by atoms with Gasteiger partial charge in [-0.15, -0.1) is 0 Å². The van der Waals surface area contributed by atoms with Gasteiger partial charge in [0.2, 0.25) is 0 Å². The third-order valence-corrected chi connectivity index (χ3v) is 5.36. The van der Waals surface area contributed by atoms with Crippen molar-refractivity contribution < 1.29 is 4.42 Å². The summed E-state index contributed by atoms with van der Waals surface area (Å²) in [4.78, 5) is 13.9. The zero-order valence-electron chi connectivity index (χ0n) is 15.6. The highest BCUT2D eigenvalue weighted by molar-refractivity contribution is 5.80. The molecule has 3 aromatic rings. The average molecular weight is 359 g/mol. The van der Waals surface area contributed by atoms with Crippen LogP contribution in [0.25, 0.3) is 16.5 Å². The highest BCUT2D eigenvalue weighted by Gasteiger charge is 2.12. The van der Waals surface area contributed by atoms with Crippen molar-refractivity contribution in [1.29, 1.82) is 0 Å². The molecule has 0 fully saturated rings. The maximum absolute atomic E-state index is 11.4. The predicted octanol–water partition coefficient (Wildman–Crippen LogP) is 4.91. The highest BCUT2D eigenvalue weighted by atomic mass is 16.4. The Hall–Kier alpha value is -2.65. The first kappa shape index (κ1) is 17.7. The van der Waals surface area contributed by atoms with Crippen LogP contribution in [0, 0.1) is 0 Å². The van der Waals surface area contributed by atoms with Crippen LogP contribution in [0.2, 0.25) is 0 Å². The summed E-state index contributed by atoms with van der Waals surface area (Å²) in [5.74, 6) is 0. The van der Waals surface area contributed by atoms with Gasteiger partial charge in [-0.25, -0.2) is 4.79 Å². The van der Waals surface area contributed by atoms with Crippen LogP contribution in [0.5, 0.6) is 0 Å². The van der Waals surface area contributed by atoms with Gasteiger partial charge in [0, 0.05) is 24.5 Å². The lowest BCUT2D eigenvalue weighted by Crippen LogP contribution is -2.29. The highest BCUT2D eigenvalue weighted by Crippen LogP contribution is 2.23. The molecule has 2 aromatic carbocycles. The lowest BCUT2D eigenvalue weighted by Gasteiger charge is -2.26. The number of aryl methyl sites for hydroxylation is 1. The number of benzene rings is 2. The molecule has 138 valence electrons. The lowest BCUT2D eigenvalue weighted by molar-refractivity contribution is 0.295. The van der Waals surface area contributed by atoms with Gasteiger partial charge < -0.3 is 4.42 Å². The molecule has 0 saturated heterocycles. The van der Waals surface area contributed by atoms with Crippen LogP contribution in [0.15, 0.2) is 76.0 Å². The number of hydrogen-bond acceptors (Lipinski definition) is 3. The molecular formula is C24H25NO2. The quantitative estimate of drug-likeness (QED) is 0.463. The third-order valence-electron chi connectivity index (χ3n) is 5.36. The van der Waals surface area contributed by atoms with E-state index < -0.39 is 0 Å². The number of unbranched alkanes of at least 4 members (excludes halogenated alkanes) is 1. The molecule has 1 aromatic heterocycles. The SMILES string of the molecule is O=c1ccc2c(CCCCN3CC=C(c4ccccc4)CC3)cccc2o1. The van der Waals surface area contributed by atoms with Crippen molar-refractivity contribution in [3.63, 3.8) is 0 Å². The normalized spacial score (nSPS) is 15.0. The molecule has 0 bridgehead atoms. The van der Waals surface area contributed by atoms with E-state index in [0.29, 0.717) is 5.58 Å². The molecule has 3 heteroatoms. The van der Waals surface area contributed by atoms with E-state index in [1.54, 1.807) is 0 Å². The molecule has 0 amide bonds. The summed E-state index contributed by atoms with van der Waals surface area (Å²) in [5, 5.41) is 1.06. The van der Waals surface area contributed by atoms with Crippen molar-refractivity contribution in [2.24, 2.45) is 0 Å². The van der Waals surface area contributed by atoms with E-state index in [4.69, 9.17) is 4.42 Å². The van der Waals surface area contributed by atoms with Gasteiger partial charge in [0.05, 0.1) is 0 Å². The summed E-state index contributed by atoms with van der Waals surface area (Å²) < 4.78 is 5.28. The van der Waals surface area contributed by atoms with Crippen LogP contribution in [0.3, 0.4) is 0 Å². The molecule has 0 atom stereocenters. The Morgan fingerprint density at radius 3 is 2.63 bits per heavy atom. The Morgan fingerprint density at radius 1 is 0.926 bits per heavy atom. The van der Waals surface area contributed by atoms with Crippen LogP contribution in [0.1, 0.15) is 30.4 Å². The first-order valence-corrected chi connectivity index (χ1v) is 9.78. The van der Waals surface area contributed by atoms with Crippen molar-refractivity contribution in [2.45, 2.75) is 25.7 Å². The van der Waals surface area contributed by atoms with E-state index >= 15 is 0 Å². The van der Waals surface area contributed by atoms with Gasteiger partial charge in [-0.2, -0.15) is 0 Å². The molecular weight excluding hydrogens is 334 g/mol. The van der Waals surface area contributed by atoms with Gasteiger partial charge in [0.1, 0.15) is 5.58 Å². The van der Waals surface area contributed by atoms with Crippen LogP contribution < -0.4 is 5.63 Å². The molecule has 0 saturated carbocycles. The zero-order valence-corrected chi connectivity index (χ0v) is 15.6. The van der Waals surface area contributed by atoms with Crippen molar-refractivity contribution in [3.8, 4) is 0 Å². The molecule has 0 spiro atoms. The summed E-state index contributed by atoms with van der Waals surface area (Å²) in [7, 11) is 0. The summed E-state index contributed by atoms with van der Waals surface area (Å²) in [6, 6.07) is 20.1. The zero-order chi connectivity index (χ0) is 18.5. The van der Waals surface area contributed by atoms with Gasteiger partial charge in [0.15, 0.2) is 0 Å². The number of rotatable bonds is 6. The average Bonchev–Trinajstić information content (AvgIpc) is 2.72. The minimum Gasteiger partial charge on any atom is -0.423 e. The van der Waals surface area contributed by atoms with E-state index in [9.17, 15) is 4.79 Å². The van der Waals surface area contributed by atoms with Gasteiger partial charge >= 0.3 is 5.63 Å². The Labute approximate surface area is 159 Å². The van der Waals surface area contributed by atoms with E-state index in [-0.39, 0.29) is 5.63 Å². The van der Waals surface area contributed by atoms with Crippen LogP contribution in [-0.4, -0.2) is 24.5 Å². The van der Waals surface area contributed by atoms with E-state index in [1.165, 1.54) is 29.2 Å². The van der Waals surface area contributed by atoms with E-state index in [0.717, 1.165) is 44.3 Å². The molecule has 1 aliphatic heterocycles. The molecule has 0 radical (unpaired) electrons. The maximum atomic E-state index is 11.4. The van der Waals surface area contributed by atoms with Crippen molar-refractivity contribution in [1.82, 2.24) is 4.90 Å². The molecule has 0 aliphatic carbocycles. The lowest BCUT2D eigenvalue weighted by atomic mass is 9.99. The van der Waals surface area contributed by atoms with Gasteiger partial charge in [0.25, 0.3) is 0 Å². The molecule has 0 N–H and O–H groups in total. The fourth-order valence-electron chi connectivity index (χ4n) is 3.86. The second-order valence-corrected chi connectivity index (χ2v) is 7.19. The summed E-state index contributed by atoms with van der Waals surface area (Å²) in [6.45, 7) is 3.32. The Morgan fingerprint density at radius 2 is 1.81 bits per heavy atom. The Bertz CT molecular complexity index is 988. The molecule has 4 rings (SSSR count). The molecule has 27 heavy (non-hydrogen) atoms. The molecule has 3 nitrogen and oxygen atoms in total. The second kappa shape index (κ2) is 8.36. The maximum Gasteiger partial charge on any atom is 0.336 e. The third kappa shape index (κ3) is 4.37. The fourth-order valence-corrected chi connectivity index (χ4v) is 3.86. The van der Waals surface area contributed by atoms with E-state index in [1.807, 2.05) is 18.2 Å². The van der Waals surface area contributed by atoms with Crippen molar-refractivity contribution in [3.05, 3.63) is 88.3 Å². The number of nitrogens with zero attached hydrogens (tertiary/aromatic N) is 1. The molecule has 0 unspecified atom stereocenters. The van der Waals surface area contributed by atoms with Crippen LogP contribution in [-0.2, 0) is 6.42 Å². The topological polar surface area (TPSA) is 33.5 Å². The summed E-state index contributed by atoms with van der Waals surface area (Å²) >= 11 is 0. The summed E-state index contributed by atoms with van der Waals surface area (Å²) in [6.07, 6.45) is 6.85. The minimum absolute atomic E-state index is 0.285. The predicted molar refractivity (Wildman–Crippen MR) is 111 cm³/mol. The van der Waals surface area contributed by atoms with Crippen LogP contribution in [0.4, 0.5) is 0 Å². The fraction of sp³-hybridized carbons (Fsp3) is 0.292. The molecule has 1 aliphatic rings. The van der Waals surface area contributed by atoms with Crippen molar-refractivity contribution in [2.75, 3.05) is 19.6 Å². The first-order valence-electron chi connectivity index (χ1n) is 9.78. The standard InChI is InChI=1S/C24H25NO2/c26-24-13-12-22-21(10-6-11-23(22)27-24)9-4-5-16-25-17-14-20(15-18-25)19-7-2-1-3-8-19/h1-3,6-8,10-14H,4-5,9,15-18H2. The van der Waals surface area contributed by atoms with Gasteiger partial charge in [-0.1, -0.05) is 48.5 Å². The van der Waals surface area contributed by atoms with E-state index in [2.05, 4.69) is 47.4 Å². The van der Waals surface area contributed by atoms with Gasteiger partial charge in [-0.3, -0.25) is 4.90 Å². The summed E-state index contributed by atoms with van der Waals surface area (Å²) in [5.41, 5.74) is 4.51. The monoisotopic (exact) mass is 359 g/mol. The Balaban J connectivity index is 1.28. The number of fused-ring (bicyclic) bond motifs is 1. The van der Waals surface area contributed by atoms with Crippen molar-refractivity contribution >= 4 is 16.5 Å². The largest absolute Gasteiger partial charge is 0.423 e. The number of hydrogen-bond donors (Lipinski definition) is 0. The minimum atomic E-state index is -0.285.